The summed E-state index contributed by atoms with van der Waals surface area (Å²) in [6.07, 6.45) is 2.91. The van der Waals surface area contributed by atoms with Crippen LogP contribution in [0.15, 0.2) is 41.9 Å². The largest absolute Gasteiger partial charge is 0.488 e. The van der Waals surface area contributed by atoms with Gasteiger partial charge in [-0.1, -0.05) is 6.07 Å². The lowest BCUT2D eigenvalue weighted by molar-refractivity contribution is 0.310. The molecule has 1 aromatic carbocycles. The van der Waals surface area contributed by atoms with E-state index in [-0.39, 0.29) is 6.04 Å². The van der Waals surface area contributed by atoms with Crippen molar-refractivity contribution in [1.82, 2.24) is 4.98 Å². The highest BCUT2D eigenvalue weighted by Crippen LogP contribution is 2.25. The molecule has 0 radical (unpaired) electrons. The average Bonchev–Trinajstić information content (AvgIpc) is 3.06. The zero-order valence-electron chi connectivity index (χ0n) is 11.4. The van der Waals surface area contributed by atoms with Crippen molar-refractivity contribution >= 4 is 22.2 Å². The maximum Gasteiger partial charge on any atom is 0.122 e. The van der Waals surface area contributed by atoms with E-state index in [0.717, 1.165) is 17.7 Å². The zero-order chi connectivity index (χ0) is 13.9. The van der Waals surface area contributed by atoms with Crippen molar-refractivity contribution in [2.75, 3.05) is 0 Å². The van der Waals surface area contributed by atoms with E-state index in [9.17, 15) is 0 Å². The maximum atomic E-state index is 5.89. The number of nitrogens with two attached hydrogens (primary N) is 1. The van der Waals surface area contributed by atoms with Gasteiger partial charge in [0.25, 0.3) is 0 Å². The molecule has 0 spiro atoms. The van der Waals surface area contributed by atoms with Crippen LogP contribution < -0.4 is 10.5 Å². The number of hydrogen-bond acceptors (Lipinski definition) is 3. The molecule has 3 N–H and O–H groups in total. The summed E-state index contributed by atoms with van der Waals surface area (Å²) in [5.41, 5.74) is 8.27. The summed E-state index contributed by atoms with van der Waals surface area (Å²) in [4.78, 5) is 4.51. The summed E-state index contributed by atoms with van der Waals surface area (Å²) >= 11 is 1.71. The first kappa shape index (κ1) is 13.2. The van der Waals surface area contributed by atoms with E-state index in [4.69, 9.17) is 10.5 Å². The first-order valence-corrected chi connectivity index (χ1v) is 7.61. The van der Waals surface area contributed by atoms with E-state index in [1.165, 1.54) is 15.8 Å². The fraction of sp³-hybridized carbons (Fsp3) is 0.250. The Bertz CT molecular complexity index is 686. The van der Waals surface area contributed by atoms with Gasteiger partial charge in [0.1, 0.15) is 12.4 Å². The molecule has 4 heteroatoms. The fourth-order valence-electron chi connectivity index (χ4n) is 2.31. The van der Waals surface area contributed by atoms with Crippen LogP contribution in [-0.2, 0) is 13.0 Å². The van der Waals surface area contributed by atoms with E-state index >= 15 is 0 Å². The summed E-state index contributed by atoms with van der Waals surface area (Å²) < 4.78 is 5.85. The van der Waals surface area contributed by atoms with Gasteiger partial charge in [-0.15, -0.1) is 11.3 Å². The monoisotopic (exact) mass is 286 g/mol. The molecule has 20 heavy (non-hydrogen) atoms. The Morgan fingerprint density at radius 2 is 2.25 bits per heavy atom. The molecule has 3 rings (SSSR count). The Balaban J connectivity index is 1.81. The van der Waals surface area contributed by atoms with Crippen molar-refractivity contribution in [3.05, 3.63) is 52.3 Å². The van der Waals surface area contributed by atoms with E-state index in [1.54, 1.807) is 11.3 Å². The number of ether oxygens (including phenoxy) is 1. The predicted molar refractivity (Wildman–Crippen MR) is 84.3 cm³/mol. The standard InChI is InChI=1S/C16H18N2OS/c1-11(17)7-12-9-18-16-5-4-13(8-15(12)16)19-10-14-3-2-6-20-14/h2-6,8-9,11,18H,7,10,17H2,1H3/t11-/m0/s1. The number of thiophene rings is 1. The Hall–Kier alpha value is -1.78. The first-order chi connectivity index (χ1) is 9.72. The molecule has 3 nitrogen and oxygen atoms in total. The van der Waals surface area contributed by atoms with Gasteiger partial charge in [0.05, 0.1) is 0 Å². The maximum absolute atomic E-state index is 5.89. The SMILES string of the molecule is C[C@H](N)Cc1c[nH]c2ccc(OCc3cccs3)cc12. The molecule has 0 saturated heterocycles. The highest BCUT2D eigenvalue weighted by molar-refractivity contribution is 7.09. The fourth-order valence-corrected chi connectivity index (χ4v) is 2.93. The van der Waals surface area contributed by atoms with Crippen molar-refractivity contribution < 1.29 is 4.74 Å². The molecule has 3 aromatic rings. The molecule has 2 aromatic heterocycles. The van der Waals surface area contributed by atoms with Crippen LogP contribution in [0.5, 0.6) is 5.75 Å². The number of fused-ring (bicyclic) bond motifs is 1. The van der Waals surface area contributed by atoms with E-state index in [1.807, 2.05) is 25.3 Å². The molecule has 0 saturated carbocycles. The summed E-state index contributed by atoms with van der Waals surface area (Å²) in [7, 11) is 0. The van der Waals surface area contributed by atoms with E-state index < -0.39 is 0 Å². The molecule has 0 aliphatic rings. The molecule has 104 valence electrons. The molecule has 0 fully saturated rings. The van der Waals surface area contributed by atoms with Gasteiger partial charge in [-0.2, -0.15) is 0 Å². The van der Waals surface area contributed by atoms with Crippen LogP contribution in [0, 0.1) is 0 Å². The van der Waals surface area contributed by atoms with Crippen molar-refractivity contribution in [3.63, 3.8) is 0 Å². The number of nitrogens with one attached hydrogen (secondary N) is 1. The van der Waals surface area contributed by atoms with Gasteiger partial charge >= 0.3 is 0 Å². The number of hydrogen-bond donors (Lipinski definition) is 2. The second-order valence-corrected chi connectivity index (χ2v) is 6.10. The van der Waals surface area contributed by atoms with Crippen LogP contribution in [-0.4, -0.2) is 11.0 Å². The molecule has 0 bridgehead atoms. The number of benzene rings is 1. The van der Waals surface area contributed by atoms with Gasteiger partial charge in [0.15, 0.2) is 0 Å². The lowest BCUT2D eigenvalue weighted by Crippen LogP contribution is -2.17. The minimum absolute atomic E-state index is 0.157. The summed E-state index contributed by atoms with van der Waals surface area (Å²) in [6.45, 7) is 2.65. The lowest BCUT2D eigenvalue weighted by Gasteiger charge is -2.07. The van der Waals surface area contributed by atoms with Crippen molar-refractivity contribution in [1.29, 1.82) is 0 Å². The summed E-state index contributed by atoms with van der Waals surface area (Å²) in [5, 5.41) is 3.26. The second kappa shape index (κ2) is 5.69. The molecule has 0 amide bonds. The predicted octanol–water partition coefficient (Wildman–Crippen LogP) is 3.70. The molecule has 0 unspecified atom stereocenters. The van der Waals surface area contributed by atoms with Crippen LogP contribution in [0.4, 0.5) is 0 Å². The van der Waals surface area contributed by atoms with Crippen LogP contribution in [0.1, 0.15) is 17.4 Å². The van der Waals surface area contributed by atoms with E-state index in [2.05, 4.69) is 28.6 Å². The minimum atomic E-state index is 0.157. The number of H-pyrrole nitrogens is 1. The van der Waals surface area contributed by atoms with Crippen molar-refractivity contribution in [3.8, 4) is 5.75 Å². The first-order valence-electron chi connectivity index (χ1n) is 6.73. The number of aromatic nitrogens is 1. The van der Waals surface area contributed by atoms with Crippen LogP contribution in [0.3, 0.4) is 0 Å². The third-order valence-electron chi connectivity index (χ3n) is 3.24. The Morgan fingerprint density at radius 3 is 3.00 bits per heavy atom. The molecule has 1 atom stereocenters. The van der Waals surface area contributed by atoms with Gasteiger partial charge in [0.2, 0.25) is 0 Å². The molecule has 0 aliphatic heterocycles. The van der Waals surface area contributed by atoms with Gasteiger partial charge in [0, 0.05) is 28.0 Å². The summed E-state index contributed by atoms with van der Waals surface area (Å²) in [5.74, 6) is 0.899. The van der Waals surface area contributed by atoms with Crippen LogP contribution in [0.2, 0.25) is 0 Å². The smallest absolute Gasteiger partial charge is 0.122 e. The molecule has 2 heterocycles. The third-order valence-corrected chi connectivity index (χ3v) is 4.09. The lowest BCUT2D eigenvalue weighted by atomic mass is 10.1. The molecule has 0 aliphatic carbocycles. The highest BCUT2D eigenvalue weighted by atomic mass is 32.1. The number of rotatable bonds is 5. The molecular weight excluding hydrogens is 268 g/mol. The minimum Gasteiger partial charge on any atom is -0.488 e. The van der Waals surface area contributed by atoms with Gasteiger partial charge < -0.3 is 15.5 Å². The van der Waals surface area contributed by atoms with Crippen LogP contribution >= 0.6 is 11.3 Å². The number of aromatic amines is 1. The third kappa shape index (κ3) is 2.86. The van der Waals surface area contributed by atoms with E-state index in [0.29, 0.717) is 6.61 Å². The van der Waals surface area contributed by atoms with Crippen molar-refractivity contribution in [2.24, 2.45) is 5.73 Å². The van der Waals surface area contributed by atoms with Crippen LogP contribution in [0.25, 0.3) is 10.9 Å². The quantitative estimate of drug-likeness (QED) is 0.751. The normalized spacial score (nSPS) is 12.7. The summed E-state index contributed by atoms with van der Waals surface area (Å²) in [6, 6.07) is 10.4. The topological polar surface area (TPSA) is 51.0 Å². The Kier molecular flexibility index (Phi) is 3.76. The van der Waals surface area contributed by atoms with Crippen molar-refractivity contribution in [2.45, 2.75) is 26.0 Å². The van der Waals surface area contributed by atoms with Gasteiger partial charge in [-0.25, -0.2) is 0 Å². The Morgan fingerprint density at radius 1 is 1.35 bits per heavy atom. The Labute approximate surface area is 122 Å². The zero-order valence-corrected chi connectivity index (χ0v) is 12.2. The second-order valence-electron chi connectivity index (χ2n) is 5.07. The van der Waals surface area contributed by atoms with Gasteiger partial charge in [-0.3, -0.25) is 0 Å². The van der Waals surface area contributed by atoms with Gasteiger partial charge in [-0.05, 0) is 48.6 Å². The average molecular weight is 286 g/mol. The molecular formula is C16H18N2OS. The highest BCUT2D eigenvalue weighted by Gasteiger charge is 2.07.